The molecule has 0 saturated heterocycles. The van der Waals surface area contributed by atoms with Gasteiger partial charge in [0.15, 0.2) is 5.75 Å². The van der Waals surface area contributed by atoms with E-state index in [1.165, 1.54) is 18.5 Å². The third kappa shape index (κ3) is 5.49. The van der Waals surface area contributed by atoms with Crippen LogP contribution in [0.5, 0.6) is 5.75 Å². The molecule has 2 rings (SSSR count). The molecule has 0 fully saturated rings. The third-order valence-corrected chi connectivity index (χ3v) is 3.62. The van der Waals surface area contributed by atoms with Crippen LogP contribution in [-0.2, 0) is 11.3 Å². The molecule has 2 aromatic heterocycles. The number of halogens is 1. The highest BCUT2D eigenvalue weighted by Crippen LogP contribution is 2.11. The van der Waals surface area contributed by atoms with Crippen LogP contribution in [0.1, 0.15) is 36.3 Å². The van der Waals surface area contributed by atoms with Crippen molar-refractivity contribution in [3.8, 4) is 5.75 Å². The molecule has 0 aliphatic rings. The van der Waals surface area contributed by atoms with Crippen LogP contribution in [-0.4, -0.2) is 22.5 Å². The van der Waals surface area contributed by atoms with Crippen LogP contribution in [0, 0.1) is 5.92 Å². The van der Waals surface area contributed by atoms with Gasteiger partial charge in [0.1, 0.15) is 6.61 Å². The normalized spacial score (nSPS) is 10.7. The van der Waals surface area contributed by atoms with Gasteiger partial charge in [-0.15, -0.1) is 0 Å². The summed E-state index contributed by atoms with van der Waals surface area (Å²) < 4.78 is 11.3. The summed E-state index contributed by atoms with van der Waals surface area (Å²) in [5.41, 5.74) is 0.584. The largest absolute Gasteiger partial charge is 0.488 e. The standard InChI is InChI=1S/C17H19BrN2O4/c1-11(2)3-4-23-16-9-20-14(6-15(16)21)10-24-17(22)12-5-13(18)8-19-7-12/h5-9,11H,3-4,10H2,1-2H3,(H,20,21). The monoisotopic (exact) mass is 394 g/mol. The van der Waals surface area contributed by atoms with Gasteiger partial charge in [-0.3, -0.25) is 9.78 Å². The summed E-state index contributed by atoms with van der Waals surface area (Å²) in [6.45, 7) is 4.63. The summed E-state index contributed by atoms with van der Waals surface area (Å²) in [6, 6.07) is 2.99. The maximum absolute atomic E-state index is 12.0. The Morgan fingerprint density at radius 2 is 2.12 bits per heavy atom. The lowest BCUT2D eigenvalue weighted by Crippen LogP contribution is -2.13. The molecule has 0 atom stereocenters. The van der Waals surface area contributed by atoms with Crippen LogP contribution >= 0.6 is 15.9 Å². The SMILES string of the molecule is CC(C)CCOc1c[nH]c(COC(=O)c2cncc(Br)c2)cc1=O. The van der Waals surface area contributed by atoms with Crippen LogP contribution in [0.25, 0.3) is 0 Å². The van der Waals surface area contributed by atoms with E-state index < -0.39 is 5.97 Å². The first-order chi connectivity index (χ1) is 11.5. The minimum atomic E-state index is -0.512. The predicted molar refractivity (Wildman–Crippen MR) is 93.1 cm³/mol. The van der Waals surface area contributed by atoms with Crippen molar-refractivity contribution in [3.05, 3.63) is 56.7 Å². The first-order valence-corrected chi connectivity index (χ1v) is 8.37. The molecule has 0 aliphatic heterocycles. The Labute approximate surface area is 148 Å². The highest BCUT2D eigenvalue weighted by molar-refractivity contribution is 9.10. The van der Waals surface area contributed by atoms with Gasteiger partial charge in [-0.05, 0) is 34.3 Å². The Hall–Kier alpha value is -2.15. The second-order valence-electron chi connectivity index (χ2n) is 5.69. The smallest absolute Gasteiger partial charge is 0.340 e. The average Bonchev–Trinajstić information content (AvgIpc) is 2.54. The number of carbonyl (C=O) groups is 1. The van der Waals surface area contributed by atoms with Crippen LogP contribution < -0.4 is 10.2 Å². The molecular weight excluding hydrogens is 376 g/mol. The van der Waals surface area contributed by atoms with Gasteiger partial charge in [0, 0.05) is 29.1 Å². The number of aromatic amines is 1. The van der Waals surface area contributed by atoms with E-state index in [1.807, 2.05) is 0 Å². The van der Waals surface area contributed by atoms with E-state index in [0.717, 1.165) is 6.42 Å². The molecule has 0 radical (unpaired) electrons. The number of pyridine rings is 2. The van der Waals surface area contributed by atoms with E-state index >= 15 is 0 Å². The first kappa shape index (κ1) is 18.2. The quantitative estimate of drug-likeness (QED) is 0.728. The van der Waals surface area contributed by atoms with Crippen molar-refractivity contribution in [2.45, 2.75) is 26.9 Å². The van der Waals surface area contributed by atoms with E-state index in [2.05, 4.69) is 39.7 Å². The Morgan fingerprint density at radius 3 is 2.79 bits per heavy atom. The molecular formula is C17H19BrN2O4. The molecule has 2 heterocycles. The Balaban J connectivity index is 1.92. The Morgan fingerprint density at radius 1 is 1.33 bits per heavy atom. The maximum atomic E-state index is 12.0. The molecule has 0 spiro atoms. The van der Waals surface area contributed by atoms with Crippen molar-refractivity contribution >= 4 is 21.9 Å². The second kappa shape index (κ2) is 8.63. The van der Waals surface area contributed by atoms with Gasteiger partial charge < -0.3 is 14.5 Å². The summed E-state index contributed by atoms with van der Waals surface area (Å²) in [7, 11) is 0. The number of nitrogens with zero attached hydrogens (tertiary/aromatic N) is 1. The van der Waals surface area contributed by atoms with E-state index in [9.17, 15) is 9.59 Å². The molecule has 24 heavy (non-hydrogen) atoms. The number of nitrogens with one attached hydrogen (secondary N) is 1. The Kier molecular flexibility index (Phi) is 6.54. The molecule has 6 nitrogen and oxygen atoms in total. The molecule has 2 aromatic rings. The second-order valence-corrected chi connectivity index (χ2v) is 6.60. The summed E-state index contributed by atoms with van der Waals surface area (Å²) in [5.74, 6) is 0.263. The van der Waals surface area contributed by atoms with Gasteiger partial charge in [-0.1, -0.05) is 13.8 Å². The van der Waals surface area contributed by atoms with E-state index in [0.29, 0.717) is 28.3 Å². The summed E-state index contributed by atoms with van der Waals surface area (Å²) in [6.07, 6.45) is 5.36. The Bertz CT molecular complexity index is 758. The number of esters is 1. The highest BCUT2D eigenvalue weighted by Gasteiger charge is 2.10. The molecule has 1 N–H and O–H groups in total. The first-order valence-electron chi connectivity index (χ1n) is 7.58. The number of ether oxygens (including phenoxy) is 2. The number of rotatable bonds is 7. The molecule has 0 aliphatic carbocycles. The summed E-state index contributed by atoms with van der Waals surface area (Å²) in [5, 5.41) is 0. The van der Waals surface area contributed by atoms with Crippen molar-refractivity contribution in [1.29, 1.82) is 0 Å². The number of H-pyrrole nitrogens is 1. The number of hydrogen-bond donors (Lipinski definition) is 1. The molecule has 0 unspecified atom stereocenters. The summed E-state index contributed by atoms with van der Waals surface area (Å²) >= 11 is 3.24. The molecule has 128 valence electrons. The van der Waals surface area contributed by atoms with Crippen LogP contribution in [0.3, 0.4) is 0 Å². The zero-order valence-corrected chi connectivity index (χ0v) is 15.1. The van der Waals surface area contributed by atoms with Crippen LogP contribution in [0.4, 0.5) is 0 Å². The lowest BCUT2D eigenvalue weighted by atomic mass is 10.1. The number of hydrogen-bond acceptors (Lipinski definition) is 5. The maximum Gasteiger partial charge on any atom is 0.340 e. The van der Waals surface area contributed by atoms with E-state index in [1.54, 1.807) is 12.3 Å². The fourth-order valence-corrected chi connectivity index (χ4v) is 2.22. The lowest BCUT2D eigenvalue weighted by molar-refractivity contribution is 0.0467. The fourth-order valence-electron chi connectivity index (χ4n) is 1.85. The van der Waals surface area contributed by atoms with Gasteiger partial charge in [0.25, 0.3) is 0 Å². The highest BCUT2D eigenvalue weighted by atomic mass is 79.9. The third-order valence-electron chi connectivity index (χ3n) is 3.19. The fraction of sp³-hybridized carbons (Fsp3) is 0.353. The van der Waals surface area contributed by atoms with Crippen molar-refractivity contribution in [2.24, 2.45) is 5.92 Å². The topological polar surface area (TPSA) is 81.3 Å². The van der Waals surface area contributed by atoms with Gasteiger partial charge >= 0.3 is 5.97 Å². The molecule has 0 saturated carbocycles. The number of carbonyl (C=O) groups excluding carboxylic acids is 1. The van der Waals surface area contributed by atoms with Crippen molar-refractivity contribution < 1.29 is 14.3 Å². The summed E-state index contributed by atoms with van der Waals surface area (Å²) in [4.78, 5) is 30.7. The predicted octanol–water partition coefficient (Wildman–Crippen LogP) is 3.31. The lowest BCUT2D eigenvalue weighted by Gasteiger charge is -2.09. The van der Waals surface area contributed by atoms with Crippen LogP contribution in [0.15, 0.2) is 40.0 Å². The van der Waals surface area contributed by atoms with Gasteiger partial charge in [0.2, 0.25) is 5.43 Å². The van der Waals surface area contributed by atoms with E-state index in [-0.39, 0.29) is 17.8 Å². The van der Waals surface area contributed by atoms with Gasteiger partial charge in [-0.2, -0.15) is 0 Å². The van der Waals surface area contributed by atoms with E-state index in [4.69, 9.17) is 9.47 Å². The zero-order valence-electron chi connectivity index (χ0n) is 13.5. The van der Waals surface area contributed by atoms with Crippen molar-refractivity contribution in [1.82, 2.24) is 9.97 Å². The van der Waals surface area contributed by atoms with Gasteiger partial charge in [0.05, 0.1) is 17.9 Å². The van der Waals surface area contributed by atoms with Gasteiger partial charge in [-0.25, -0.2) is 4.79 Å². The minimum Gasteiger partial charge on any atom is -0.488 e. The number of aromatic nitrogens is 2. The molecule has 0 amide bonds. The molecule has 0 aromatic carbocycles. The van der Waals surface area contributed by atoms with Crippen LogP contribution in [0.2, 0.25) is 0 Å². The van der Waals surface area contributed by atoms with Crippen molar-refractivity contribution in [2.75, 3.05) is 6.61 Å². The average molecular weight is 395 g/mol. The zero-order chi connectivity index (χ0) is 17.5. The molecule has 7 heteroatoms. The molecule has 0 bridgehead atoms. The van der Waals surface area contributed by atoms with Crippen molar-refractivity contribution in [3.63, 3.8) is 0 Å². The minimum absolute atomic E-state index is 0.0349.